The fraction of sp³-hybridized carbons (Fsp3) is 0.500. The Bertz CT molecular complexity index is 758. The molecule has 0 saturated carbocycles. The topological polar surface area (TPSA) is 56.2 Å². The molecule has 130 valence electrons. The van der Waals surface area contributed by atoms with E-state index in [1.807, 2.05) is 12.1 Å². The normalized spacial score (nSPS) is 24.0. The zero-order chi connectivity index (χ0) is 17.4. The van der Waals surface area contributed by atoms with Crippen molar-refractivity contribution >= 4 is 10.9 Å². The number of likely N-dealkylation sites (N-methyl/N-ethyl adjacent to an activating group) is 1. The minimum atomic E-state index is -0.724. The van der Waals surface area contributed by atoms with Gasteiger partial charge >= 0.3 is 0 Å². The van der Waals surface area contributed by atoms with Crippen molar-refractivity contribution in [2.24, 2.45) is 0 Å². The average Bonchev–Trinajstić information content (AvgIpc) is 2.94. The van der Waals surface area contributed by atoms with Gasteiger partial charge in [0.15, 0.2) is 5.54 Å². The SMILES string of the molecule is C/C=C1/CCC[N+](C)(C(CO)(CO)c2[nH]c3ccccc3c2C)C1. The van der Waals surface area contributed by atoms with Crippen LogP contribution in [0.4, 0.5) is 0 Å². The number of piperidine rings is 1. The summed E-state index contributed by atoms with van der Waals surface area (Å²) in [7, 11) is 2.17. The lowest BCUT2D eigenvalue weighted by Crippen LogP contribution is -2.66. The number of aromatic amines is 1. The fourth-order valence-electron chi connectivity index (χ4n) is 4.43. The van der Waals surface area contributed by atoms with Gasteiger partial charge in [0, 0.05) is 17.3 Å². The van der Waals surface area contributed by atoms with E-state index in [1.165, 1.54) is 5.57 Å². The molecule has 1 aromatic heterocycles. The number of quaternary nitrogens is 1. The Labute approximate surface area is 144 Å². The van der Waals surface area contributed by atoms with Crippen LogP contribution in [0, 0.1) is 6.92 Å². The van der Waals surface area contributed by atoms with Crippen LogP contribution in [0.2, 0.25) is 0 Å². The molecule has 1 aliphatic heterocycles. The number of aliphatic hydroxyl groups is 2. The van der Waals surface area contributed by atoms with Gasteiger partial charge in [-0.3, -0.25) is 0 Å². The molecule has 0 bridgehead atoms. The van der Waals surface area contributed by atoms with Gasteiger partial charge in [0.05, 0.1) is 19.3 Å². The molecule has 0 aliphatic carbocycles. The Balaban J connectivity index is 2.18. The molecule has 1 atom stereocenters. The summed E-state index contributed by atoms with van der Waals surface area (Å²) in [6.45, 7) is 5.83. The molecule has 2 heterocycles. The Morgan fingerprint density at radius 1 is 1.25 bits per heavy atom. The van der Waals surface area contributed by atoms with Crippen LogP contribution in [0.1, 0.15) is 31.0 Å². The summed E-state index contributed by atoms with van der Waals surface area (Å²) in [6.07, 6.45) is 4.38. The maximum atomic E-state index is 10.4. The standard InChI is InChI=1S/C20H29N2O2/c1-4-16-8-7-11-22(3,12-16)20(13-23,14-24)19-15(2)17-9-5-6-10-18(17)21-19/h4-6,9-10,21,23-24H,7-8,11-14H2,1-3H3/q+1/b16-4-. The van der Waals surface area contributed by atoms with Gasteiger partial charge < -0.3 is 19.7 Å². The number of benzene rings is 1. The lowest BCUT2D eigenvalue weighted by atomic mass is 9.85. The molecular formula is C20H29N2O2+. The lowest BCUT2D eigenvalue weighted by molar-refractivity contribution is -0.967. The van der Waals surface area contributed by atoms with Crippen LogP contribution < -0.4 is 0 Å². The third kappa shape index (κ3) is 2.41. The second kappa shape index (κ2) is 6.36. The van der Waals surface area contributed by atoms with Gasteiger partial charge in [-0.05, 0) is 37.5 Å². The van der Waals surface area contributed by atoms with Crippen LogP contribution in [-0.4, -0.2) is 53.0 Å². The van der Waals surface area contributed by atoms with Crippen LogP contribution in [0.25, 0.3) is 10.9 Å². The number of aromatic nitrogens is 1. The van der Waals surface area contributed by atoms with Crippen LogP contribution in [0.5, 0.6) is 0 Å². The minimum Gasteiger partial charge on any atom is -0.389 e. The highest BCUT2D eigenvalue weighted by Crippen LogP contribution is 2.40. The molecule has 1 unspecified atom stereocenters. The molecule has 2 aromatic rings. The molecule has 1 saturated heterocycles. The first-order valence-electron chi connectivity index (χ1n) is 8.79. The zero-order valence-electron chi connectivity index (χ0n) is 15.0. The number of allylic oxidation sites excluding steroid dienone is 1. The number of fused-ring (bicyclic) bond motifs is 1. The van der Waals surface area contributed by atoms with E-state index >= 15 is 0 Å². The number of nitrogens with zero attached hydrogens (tertiary/aromatic N) is 1. The van der Waals surface area contributed by atoms with Gasteiger partial charge in [0.2, 0.25) is 0 Å². The molecule has 4 nitrogen and oxygen atoms in total. The van der Waals surface area contributed by atoms with E-state index in [0.29, 0.717) is 4.48 Å². The van der Waals surface area contributed by atoms with Crippen LogP contribution in [-0.2, 0) is 5.54 Å². The van der Waals surface area contributed by atoms with E-state index in [1.54, 1.807) is 0 Å². The predicted octanol–water partition coefficient (Wildman–Crippen LogP) is 2.84. The summed E-state index contributed by atoms with van der Waals surface area (Å²) < 4.78 is 0.632. The van der Waals surface area contributed by atoms with Crippen molar-refractivity contribution in [2.75, 3.05) is 33.4 Å². The molecule has 24 heavy (non-hydrogen) atoms. The van der Waals surface area contributed by atoms with Gasteiger partial charge in [-0.15, -0.1) is 0 Å². The van der Waals surface area contributed by atoms with Gasteiger partial charge in [-0.25, -0.2) is 0 Å². The number of aliphatic hydroxyl groups excluding tert-OH is 2. The number of hydrogen-bond acceptors (Lipinski definition) is 2. The summed E-state index contributed by atoms with van der Waals surface area (Å²) >= 11 is 0. The third-order valence-corrected chi connectivity index (χ3v) is 6.10. The largest absolute Gasteiger partial charge is 0.389 e. The Kier molecular flexibility index (Phi) is 4.56. The predicted molar refractivity (Wildman–Crippen MR) is 97.8 cm³/mol. The number of hydrogen-bond donors (Lipinski definition) is 3. The second-order valence-corrected chi connectivity index (χ2v) is 7.35. The van der Waals surface area contributed by atoms with E-state index in [0.717, 1.165) is 48.1 Å². The Morgan fingerprint density at radius 2 is 1.96 bits per heavy atom. The van der Waals surface area contributed by atoms with E-state index < -0.39 is 5.54 Å². The first-order chi connectivity index (χ1) is 11.5. The Hall–Kier alpha value is -1.62. The van der Waals surface area contributed by atoms with Gasteiger partial charge in [0.1, 0.15) is 19.8 Å². The van der Waals surface area contributed by atoms with Crippen molar-refractivity contribution in [3.63, 3.8) is 0 Å². The Morgan fingerprint density at radius 3 is 2.58 bits per heavy atom. The summed E-state index contributed by atoms with van der Waals surface area (Å²) in [5.41, 5.74) is 3.83. The molecule has 3 N–H and O–H groups in total. The monoisotopic (exact) mass is 329 g/mol. The van der Waals surface area contributed by atoms with Crippen molar-refractivity contribution in [1.29, 1.82) is 0 Å². The highest BCUT2D eigenvalue weighted by molar-refractivity contribution is 5.84. The quantitative estimate of drug-likeness (QED) is 0.597. The first-order valence-corrected chi connectivity index (χ1v) is 8.79. The smallest absolute Gasteiger partial charge is 0.186 e. The minimum absolute atomic E-state index is 0.0787. The van der Waals surface area contributed by atoms with Crippen molar-refractivity contribution < 1.29 is 14.7 Å². The molecule has 0 radical (unpaired) electrons. The number of H-pyrrole nitrogens is 1. The second-order valence-electron chi connectivity index (χ2n) is 7.35. The van der Waals surface area contributed by atoms with E-state index in [9.17, 15) is 10.2 Å². The number of nitrogens with one attached hydrogen (secondary N) is 1. The summed E-state index contributed by atoms with van der Waals surface area (Å²) in [6, 6.07) is 8.19. The van der Waals surface area contributed by atoms with Crippen LogP contribution in [0.15, 0.2) is 35.9 Å². The maximum Gasteiger partial charge on any atom is 0.186 e. The molecule has 1 fully saturated rings. The van der Waals surface area contributed by atoms with E-state index in [2.05, 4.69) is 44.1 Å². The van der Waals surface area contributed by atoms with E-state index in [-0.39, 0.29) is 13.2 Å². The van der Waals surface area contributed by atoms with Crippen molar-refractivity contribution in [3.05, 3.63) is 47.2 Å². The lowest BCUT2D eigenvalue weighted by Gasteiger charge is -2.51. The third-order valence-electron chi connectivity index (χ3n) is 6.10. The van der Waals surface area contributed by atoms with Gasteiger partial charge in [0.25, 0.3) is 0 Å². The van der Waals surface area contributed by atoms with Crippen molar-refractivity contribution in [2.45, 2.75) is 32.2 Å². The van der Waals surface area contributed by atoms with Crippen LogP contribution >= 0.6 is 0 Å². The number of para-hydroxylation sites is 1. The molecule has 1 aromatic carbocycles. The fourth-order valence-corrected chi connectivity index (χ4v) is 4.43. The summed E-state index contributed by atoms with van der Waals surface area (Å²) in [5, 5.41) is 22.0. The van der Waals surface area contributed by atoms with Gasteiger partial charge in [-0.1, -0.05) is 24.3 Å². The summed E-state index contributed by atoms with van der Waals surface area (Å²) in [5.74, 6) is 0. The van der Waals surface area contributed by atoms with Crippen molar-refractivity contribution in [3.8, 4) is 0 Å². The molecule has 4 heteroatoms. The van der Waals surface area contributed by atoms with Crippen LogP contribution in [0.3, 0.4) is 0 Å². The first kappa shape index (κ1) is 17.2. The molecule has 1 aliphatic rings. The summed E-state index contributed by atoms with van der Waals surface area (Å²) in [4.78, 5) is 3.51. The number of rotatable bonds is 4. The molecular weight excluding hydrogens is 300 g/mol. The van der Waals surface area contributed by atoms with Gasteiger partial charge in [-0.2, -0.15) is 0 Å². The van der Waals surface area contributed by atoms with E-state index in [4.69, 9.17) is 0 Å². The zero-order valence-corrected chi connectivity index (χ0v) is 15.0. The van der Waals surface area contributed by atoms with Crippen molar-refractivity contribution in [1.82, 2.24) is 4.98 Å². The molecule has 0 amide bonds. The molecule has 0 spiro atoms. The highest BCUT2D eigenvalue weighted by Gasteiger charge is 2.52. The highest BCUT2D eigenvalue weighted by atomic mass is 16.3. The average molecular weight is 329 g/mol. The molecule has 3 rings (SSSR count). The maximum absolute atomic E-state index is 10.4. The number of aryl methyl sites for hydroxylation is 1. The number of likely N-dealkylation sites (tertiary alicyclic amines) is 1.